The number of anilines is 1. The second-order valence-corrected chi connectivity index (χ2v) is 5.56. The minimum absolute atomic E-state index is 0.00324. The van der Waals surface area contributed by atoms with E-state index in [1.54, 1.807) is 20.8 Å². The van der Waals surface area contributed by atoms with E-state index in [0.717, 1.165) is 12.3 Å². The predicted molar refractivity (Wildman–Crippen MR) is 68.4 cm³/mol. The number of nitrogens with zero attached hydrogens (tertiary/aromatic N) is 1. The molecule has 5 nitrogen and oxygen atoms in total. The van der Waals surface area contributed by atoms with E-state index in [1.165, 1.54) is 0 Å². The van der Waals surface area contributed by atoms with Crippen LogP contribution in [-0.2, 0) is 15.8 Å². The summed E-state index contributed by atoms with van der Waals surface area (Å²) >= 11 is 0. The molecule has 0 aromatic carbocycles. The van der Waals surface area contributed by atoms with Crippen LogP contribution in [0.15, 0.2) is 18.3 Å². The first kappa shape index (κ1) is 16.9. The quantitative estimate of drug-likeness (QED) is 0.842. The number of halogens is 3. The Morgan fingerprint density at radius 1 is 1.24 bits per heavy atom. The molecule has 1 aromatic heterocycles. The molecule has 0 aliphatic heterocycles. The van der Waals surface area contributed by atoms with Gasteiger partial charge in [-0.25, -0.2) is 4.98 Å². The second-order valence-electron chi connectivity index (χ2n) is 5.56. The zero-order valence-corrected chi connectivity index (χ0v) is 11.7. The smallest absolute Gasteiger partial charge is 0.433 e. The van der Waals surface area contributed by atoms with Gasteiger partial charge in [-0.1, -0.05) is 20.8 Å². The standard InChI is InChI=1S/C13H15F3N2O3/c1-12(2,3)9(11(20)21)10(19)18-7-4-5-8(17-6-7)13(14,15)16/h4-6,9H,1-3H3,(H,18,19)(H,20,21). The molecule has 0 radical (unpaired) electrons. The molecule has 21 heavy (non-hydrogen) atoms. The van der Waals surface area contributed by atoms with Crippen LogP contribution < -0.4 is 5.32 Å². The number of carboxylic acids is 1. The molecule has 1 aromatic rings. The summed E-state index contributed by atoms with van der Waals surface area (Å²) in [4.78, 5) is 26.3. The number of rotatable bonds is 3. The first-order valence-electron chi connectivity index (χ1n) is 6.00. The number of nitrogens with one attached hydrogen (secondary N) is 1. The third-order valence-electron chi connectivity index (χ3n) is 2.70. The summed E-state index contributed by atoms with van der Waals surface area (Å²) < 4.78 is 37.0. The van der Waals surface area contributed by atoms with Gasteiger partial charge in [-0.3, -0.25) is 9.59 Å². The fraction of sp³-hybridized carbons (Fsp3) is 0.462. The van der Waals surface area contributed by atoms with Crippen molar-refractivity contribution in [1.29, 1.82) is 0 Å². The Bertz CT molecular complexity index is 533. The first-order valence-corrected chi connectivity index (χ1v) is 6.00. The molecule has 0 saturated heterocycles. The van der Waals surface area contributed by atoms with Crippen LogP contribution in [0.1, 0.15) is 26.5 Å². The van der Waals surface area contributed by atoms with Gasteiger partial charge in [-0.15, -0.1) is 0 Å². The van der Waals surface area contributed by atoms with Crippen molar-refractivity contribution in [1.82, 2.24) is 4.98 Å². The molecule has 1 unspecified atom stereocenters. The number of amides is 1. The highest BCUT2D eigenvalue weighted by atomic mass is 19.4. The van der Waals surface area contributed by atoms with Gasteiger partial charge in [0.05, 0.1) is 11.9 Å². The summed E-state index contributed by atoms with van der Waals surface area (Å²) in [7, 11) is 0. The maximum Gasteiger partial charge on any atom is 0.433 e. The van der Waals surface area contributed by atoms with Gasteiger partial charge >= 0.3 is 12.1 Å². The average molecular weight is 304 g/mol. The molecule has 1 atom stereocenters. The molecule has 1 amide bonds. The highest BCUT2D eigenvalue weighted by molar-refractivity contribution is 6.04. The van der Waals surface area contributed by atoms with E-state index in [-0.39, 0.29) is 5.69 Å². The van der Waals surface area contributed by atoms with E-state index >= 15 is 0 Å². The van der Waals surface area contributed by atoms with E-state index < -0.39 is 35.1 Å². The van der Waals surface area contributed by atoms with Gasteiger partial charge in [-0.05, 0) is 17.5 Å². The Labute approximate surface area is 119 Å². The van der Waals surface area contributed by atoms with Crippen molar-refractivity contribution < 1.29 is 27.9 Å². The predicted octanol–water partition coefficient (Wildman–Crippen LogP) is 2.79. The van der Waals surface area contributed by atoms with Crippen molar-refractivity contribution in [3.63, 3.8) is 0 Å². The van der Waals surface area contributed by atoms with Crippen LogP contribution in [0.4, 0.5) is 18.9 Å². The minimum Gasteiger partial charge on any atom is -0.481 e. The van der Waals surface area contributed by atoms with Gasteiger partial charge < -0.3 is 10.4 Å². The van der Waals surface area contributed by atoms with Crippen LogP contribution in [-0.4, -0.2) is 22.0 Å². The van der Waals surface area contributed by atoms with Crippen molar-refractivity contribution in [2.45, 2.75) is 26.9 Å². The molecule has 1 heterocycles. The maximum absolute atomic E-state index is 12.3. The highest BCUT2D eigenvalue weighted by Crippen LogP contribution is 2.29. The van der Waals surface area contributed by atoms with Crippen molar-refractivity contribution in [3.05, 3.63) is 24.0 Å². The lowest BCUT2D eigenvalue weighted by molar-refractivity contribution is -0.149. The Hall–Kier alpha value is -2.12. The summed E-state index contributed by atoms with van der Waals surface area (Å²) in [6.07, 6.45) is -3.74. The molecule has 0 fully saturated rings. The van der Waals surface area contributed by atoms with Gasteiger partial charge in [0.2, 0.25) is 5.91 Å². The molecule has 0 bridgehead atoms. The van der Waals surface area contributed by atoms with Crippen molar-refractivity contribution in [2.75, 3.05) is 5.32 Å². The summed E-state index contributed by atoms with van der Waals surface area (Å²) in [6, 6.07) is 1.73. The molecule has 2 N–H and O–H groups in total. The van der Waals surface area contributed by atoms with Gasteiger partial charge in [-0.2, -0.15) is 13.2 Å². The summed E-state index contributed by atoms with van der Waals surface area (Å²) in [6.45, 7) is 4.74. The monoisotopic (exact) mass is 304 g/mol. The minimum atomic E-state index is -4.57. The molecule has 0 aliphatic rings. The van der Waals surface area contributed by atoms with E-state index in [9.17, 15) is 22.8 Å². The highest BCUT2D eigenvalue weighted by Gasteiger charge is 2.38. The lowest BCUT2D eigenvalue weighted by Crippen LogP contribution is -2.39. The maximum atomic E-state index is 12.3. The molecule has 0 spiro atoms. The van der Waals surface area contributed by atoms with Crippen molar-refractivity contribution >= 4 is 17.6 Å². The van der Waals surface area contributed by atoms with Crippen LogP contribution in [0.3, 0.4) is 0 Å². The van der Waals surface area contributed by atoms with Gasteiger partial charge in [0.25, 0.3) is 0 Å². The summed E-state index contributed by atoms with van der Waals surface area (Å²) in [5, 5.41) is 11.3. The van der Waals surface area contributed by atoms with Crippen molar-refractivity contribution in [3.8, 4) is 0 Å². The Balaban J connectivity index is 2.90. The number of carbonyl (C=O) groups excluding carboxylic acids is 1. The third kappa shape index (κ3) is 4.44. The van der Waals surface area contributed by atoms with Gasteiger partial charge in [0.1, 0.15) is 11.6 Å². The topological polar surface area (TPSA) is 79.3 Å². The Morgan fingerprint density at radius 3 is 2.14 bits per heavy atom. The molecule has 0 aliphatic carbocycles. The first-order chi connectivity index (χ1) is 9.43. The fourth-order valence-electron chi connectivity index (χ4n) is 1.73. The molecular weight excluding hydrogens is 289 g/mol. The second kappa shape index (κ2) is 5.71. The number of aromatic nitrogens is 1. The normalized spacial score (nSPS) is 13.6. The van der Waals surface area contributed by atoms with Crippen LogP contribution in [0, 0.1) is 11.3 Å². The lowest BCUT2D eigenvalue weighted by Gasteiger charge is -2.25. The zero-order chi connectivity index (χ0) is 16.4. The zero-order valence-electron chi connectivity index (χ0n) is 11.7. The van der Waals surface area contributed by atoms with Gasteiger partial charge in [0, 0.05) is 0 Å². The largest absolute Gasteiger partial charge is 0.481 e. The molecule has 116 valence electrons. The summed E-state index contributed by atoms with van der Waals surface area (Å²) in [5.41, 5.74) is -1.93. The molecule has 8 heteroatoms. The van der Waals surface area contributed by atoms with Crippen LogP contribution in [0.25, 0.3) is 0 Å². The number of pyridine rings is 1. The van der Waals surface area contributed by atoms with Crippen LogP contribution in [0.5, 0.6) is 0 Å². The SMILES string of the molecule is CC(C)(C)C(C(=O)O)C(=O)Nc1ccc(C(F)(F)F)nc1. The molecular formula is C13H15F3N2O3. The van der Waals surface area contributed by atoms with Crippen molar-refractivity contribution in [2.24, 2.45) is 11.3 Å². The number of alkyl halides is 3. The number of aliphatic carboxylic acids is 1. The van der Waals surface area contributed by atoms with E-state index in [2.05, 4.69) is 10.3 Å². The van der Waals surface area contributed by atoms with E-state index in [4.69, 9.17) is 5.11 Å². The summed E-state index contributed by atoms with van der Waals surface area (Å²) in [5.74, 6) is -3.45. The number of carboxylic acid groups (broad SMARTS) is 1. The number of hydrogen-bond acceptors (Lipinski definition) is 3. The fourth-order valence-corrected chi connectivity index (χ4v) is 1.73. The molecule has 0 saturated carbocycles. The lowest BCUT2D eigenvalue weighted by atomic mass is 9.80. The third-order valence-corrected chi connectivity index (χ3v) is 2.70. The Morgan fingerprint density at radius 2 is 1.81 bits per heavy atom. The number of hydrogen-bond donors (Lipinski definition) is 2. The molecule has 1 rings (SSSR count). The Kier molecular flexibility index (Phi) is 4.60. The van der Waals surface area contributed by atoms with E-state index in [1.807, 2.05) is 0 Å². The van der Waals surface area contributed by atoms with E-state index in [0.29, 0.717) is 6.07 Å². The van der Waals surface area contributed by atoms with Crippen LogP contribution in [0.2, 0.25) is 0 Å². The van der Waals surface area contributed by atoms with Crippen LogP contribution >= 0.6 is 0 Å². The van der Waals surface area contributed by atoms with Gasteiger partial charge in [0.15, 0.2) is 0 Å². The number of carbonyl (C=O) groups is 2. The average Bonchev–Trinajstić information content (AvgIpc) is 2.25.